The van der Waals surface area contributed by atoms with Gasteiger partial charge in [0, 0.05) is 36.4 Å². The molecule has 0 bridgehead atoms. The van der Waals surface area contributed by atoms with Crippen molar-refractivity contribution >= 4 is 16.9 Å². The van der Waals surface area contributed by atoms with Gasteiger partial charge in [-0.15, -0.1) is 0 Å². The summed E-state index contributed by atoms with van der Waals surface area (Å²) in [4.78, 5) is 19.3. The van der Waals surface area contributed by atoms with Crippen LogP contribution < -0.4 is 10.9 Å². The lowest BCUT2D eigenvalue weighted by atomic mass is 10.3. The van der Waals surface area contributed by atoms with Gasteiger partial charge in [0.05, 0.1) is 0 Å². The Morgan fingerprint density at radius 3 is 3.00 bits per heavy atom. The normalized spacial score (nSPS) is 10.9. The number of nitrogens with one attached hydrogen (secondary N) is 2. The standard InChI is InChI=1S/C16H18N4O/c1-12-4-2-5-15(21)20(12)11-3-9-17-14-7-6-13-8-10-18-16(13)19-14/h2,4-8,10H,3,9,11H2,1H3,(H2,17,18,19). The van der Waals surface area contributed by atoms with Crippen LogP contribution in [0.25, 0.3) is 11.0 Å². The second kappa shape index (κ2) is 5.83. The Hall–Kier alpha value is -2.56. The molecule has 2 N–H and O–H groups in total. The molecular weight excluding hydrogens is 264 g/mol. The van der Waals surface area contributed by atoms with E-state index in [4.69, 9.17) is 0 Å². The second-order valence-electron chi connectivity index (χ2n) is 5.05. The Morgan fingerprint density at radius 1 is 1.24 bits per heavy atom. The fourth-order valence-electron chi connectivity index (χ4n) is 2.39. The van der Waals surface area contributed by atoms with E-state index in [1.54, 1.807) is 16.7 Å². The molecule has 5 nitrogen and oxygen atoms in total. The Bertz CT molecular complexity index is 803. The highest BCUT2D eigenvalue weighted by atomic mass is 16.1. The largest absolute Gasteiger partial charge is 0.370 e. The molecule has 0 amide bonds. The van der Waals surface area contributed by atoms with Crippen molar-refractivity contribution in [3.63, 3.8) is 0 Å². The van der Waals surface area contributed by atoms with Crippen molar-refractivity contribution in [2.45, 2.75) is 19.9 Å². The fraction of sp³-hybridized carbons (Fsp3) is 0.250. The highest BCUT2D eigenvalue weighted by Crippen LogP contribution is 2.13. The van der Waals surface area contributed by atoms with Crippen LogP contribution in [0.15, 0.2) is 47.4 Å². The molecule has 3 aromatic rings. The zero-order valence-corrected chi connectivity index (χ0v) is 12.0. The number of pyridine rings is 2. The molecule has 108 valence electrons. The van der Waals surface area contributed by atoms with Crippen LogP contribution in [-0.2, 0) is 6.54 Å². The summed E-state index contributed by atoms with van der Waals surface area (Å²) in [5.74, 6) is 0.849. The first-order valence-corrected chi connectivity index (χ1v) is 7.08. The average molecular weight is 282 g/mol. The lowest BCUT2D eigenvalue weighted by Gasteiger charge is -2.10. The maximum atomic E-state index is 11.7. The Kier molecular flexibility index (Phi) is 3.73. The molecule has 3 aromatic heterocycles. The number of aromatic amines is 1. The molecule has 0 aromatic carbocycles. The minimum absolute atomic E-state index is 0.0564. The van der Waals surface area contributed by atoms with Gasteiger partial charge in [-0.3, -0.25) is 4.79 Å². The topological polar surface area (TPSA) is 62.7 Å². The first-order valence-electron chi connectivity index (χ1n) is 7.08. The summed E-state index contributed by atoms with van der Waals surface area (Å²) < 4.78 is 1.79. The average Bonchev–Trinajstić information content (AvgIpc) is 2.93. The molecule has 0 radical (unpaired) electrons. The van der Waals surface area contributed by atoms with Gasteiger partial charge in [0.15, 0.2) is 0 Å². The third-order valence-corrected chi connectivity index (χ3v) is 3.54. The van der Waals surface area contributed by atoms with Crippen LogP contribution in [0, 0.1) is 6.92 Å². The number of aromatic nitrogens is 3. The molecule has 0 unspecified atom stereocenters. The number of fused-ring (bicyclic) bond motifs is 1. The number of nitrogens with zero attached hydrogens (tertiary/aromatic N) is 2. The highest BCUT2D eigenvalue weighted by Gasteiger charge is 2.00. The van der Waals surface area contributed by atoms with Crippen LogP contribution in [0.3, 0.4) is 0 Å². The van der Waals surface area contributed by atoms with Gasteiger partial charge in [0.2, 0.25) is 0 Å². The molecule has 0 atom stereocenters. The van der Waals surface area contributed by atoms with Crippen molar-refractivity contribution in [2.75, 3.05) is 11.9 Å². The number of rotatable bonds is 5. The quantitative estimate of drug-likeness (QED) is 0.707. The van der Waals surface area contributed by atoms with Crippen molar-refractivity contribution in [3.8, 4) is 0 Å². The molecule has 0 aliphatic heterocycles. The number of hydrogen-bond donors (Lipinski definition) is 2. The van der Waals surface area contributed by atoms with Crippen molar-refractivity contribution in [2.24, 2.45) is 0 Å². The van der Waals surface area contributed by atoms with Gasteiger partial charge in [-0.2, -0.15) is 0 Å². The van der Waals surface area contributed by atoms with E-state index < -0.39 is 0 Å². The van der Waals surface area contributed by atoms with E-state index >= 15 is 0 Å². The van der Waals surface area contributed by atoms with E-state index in [2.05, 4.69) is 15.3 Å². The predicted octanol–water partition coefficient (Wildman–Crippen LogP) is 2.54. The van der Waals surface area contributed by atoms with Crippen LogP contribution in [0.5, 0.6) is 0 Å². The van der Waals surface area contributed by atoms with E-state index in [0.717, 1.165) is 35.5 Å². The molecule has 0 spiro atoms. The smallest absolute Gasteiger partial charge is 0.250 e. The molecule has 0 fully saturated rings. The molecule has 0 saturated heterocycles. The molecule has 0 aliphatic rings. The predicted molar refractivity (Wildman–Crippen MR) is 84.6 cm³/mol. The third kappa shape index (κ3) is 2.97. The summed E-state index contributed by atoms with van der Waals surface area (Å²) in [5, 5.41) is 4.39. The summed E-state index contributed by atoms with van der Waals surface area (Å²) in [6.45, 7) is 3.44. The number of hydrogen-bond acceptors (Lipinski definition) is 3. The molecule has 21 heavy (non-hydrogen) atoms. The van der Waals surface area contributed by atoms with Gasteiger partial charge in [-0.1, -0.05) is 6.07 Å². The van der Waals surface area contributed by atoms with Gasteiger partial charge in [0.1, 0.15) is 11.5 Å². The number of H-pyrrole nitrogens is 1. The third-order valence-electron chi connectivity index (χ3n) is 3.54. The number of aryl methyl sites for hydroxylation is 1. The lowest BCUT2D eigenvalue weighted by Crippen LogP contribution is -2.22. The summed E-state index contributed by atoms with van der Waals surface area (Å²) >= 11 is 0. The van der Waals surface area contributed by atoms with Crippen LogP contribution >= 0.6 is 0 Å². The first kappa shape index (κ1) is 13.4. The number of anilines is 1. The fourth-order valence-corrected chi connectivity index (χ4v) is 2.39. The Balaban J connectivity index is 1.57. The van der Waals surface area contributed by atoms with Crippen LogP contribution in [0.2, 0.25) is 0 Å². The highest BCUT2D eigenvalue weighted by molar-refractivity contribution is 5.77. The van der Waals surface area contributed by atoms with Gasteiger partial charge < -0.3 is 14.9 Å². The monoisotopic (exact) mass is 282 g/mol. The molecule has 5 heteroatoms. The van der Waals surface area contributed by atoms with Crippen molar-refractivity contribution in [1.29, 1.82) is 0 Å². The molecular formula is C16H18N4O. The minimum Gasteiger partial charge on any atom is -0.370 e. The lowest BCUT2D eigenvalue weighted by molar-refractivity contribution is 0.622. The first-order chi connectivity index (χ1) is 10.2. The van der Waals surface area contributed by atoms with Gasteiger partial charge in [-0.05, 0) is 37.6 Å². The maximum absolute atomic E-state index is 11.7. The molecule has 0 aliphatic carbocycles. The van der Waals surface area contributed by atoms with Crippen LogP contribution in [0.1, 0.15) is 12.1 Å². The van der Waals surface area contributed by atoms with E-state index in [1.807, 2.05) is 37.4 Å². The molecule has 3 heterocycles. The summed E-state index contributed by atoms with van der Waals surface area (Å²) in [6.07, 6.45) is 2.75. The maximum Gasteiger partial charge on any atom is 0.250 e. The van der Waals surface area contributed by atoms with Crippen molar-refractivity contribution in [3.05, 3.63) is 58.6 Å². The van der Waals surface area contributed by atoms with Crippen molar-refractivity contribution in [1.82, 2.24) is 14.5 Å². The Labute approximate surface area is 122 Å². The van der Waals surface area contributed by atoms with Gasteiger partial charge in [0.25, 0.3) is 5.56 Å². The van der Waals surface area contributed by atoms with Crippen LogP contribution in [0.4, 0.5) is 5.82 Å². The zero-order valence-electron chi connectivity index (χ0n) is 12.0. The molecule has 3 rings (SSSR count). The SMILES string of the molecule is Cc1cccc(=O)n1CCCNc1ccc2cc[nH]c2n1. The van der Waals surface area contributed by atoms with Gasteiger partial charge >= 0.3 is 0 Å². The second-order valence-corrected chi connectivity index (χ2v) is 5.05. The minimum atomic E-state index is 0.0564. The molecule has 0 saturated carbocycles. The Morgan fingerprint density at radius 2 is 2.14 bits per heavy atom. The zero-order chi connectivity index (χ0) is 14.7. The van der Waals surface area contributed by atoms with E-state index in [0.29, 0.717) is 6.54 Å². The summed E-state index contributed by atoms with van der Waals surface area (Å²) in [7, 11) is 0. The van der Waals surface area contributed by atoms with E-state index in [-0.39, 0.29) is 5.56 Å². The van der Waals surface area contributed by atoms with E-state index in [1.165, 1.54) is 0 Å². The summed E-state index contributed by atoms with van der Waals surface area (Å²) in [5.41, 5.74) is 1.93. The van der Waals surface area contributed by atoms with E-state index in [9.17, 15) is 4.79 Å². The van der Waals surface area contributed by atoms with Crippen molar-refractivity contribution < 1.29 is 0 Å². The van der Waals surface area contributed by atoms with Gasteiger partial charge in [-0.25, -0.2) is 4.98 Å². The van der Waals surface area contributed by atoms with Crippen LogP contribution in [-0.4, -0.2) is 21.1 Å². The summed E-state index contributed by atoms with van der Waals surface area (Å²) in [6, 6.07) is 11.3.